The fourth-order valence-corrected chi connectivity index (χ4v) is 2.23. The average molecular weight is 281 g/mol. The van der Waals surface area contributed by atoms with E-state index in [4.69, 9.17) is 5.73 Å². The first kappa shape index (κ1) is 15.4. The zero-order valence-corrected chi connectivity index (χ0v) is 12.1. The number of amides is 3. The Morgan fingerprint density at radius 3 is 2.68 bits per heavy atom. The summed E-state index contributed by atoms with van der Waals surface area (Å²) in [5.41, 5.74) is 7.52. The highest BCUT2D eigenvalue weighted by molar-refractivity contribution is 8.00. The second-order valence-corrected chi connectivity index (χ2v) is 5.52. The molecule has 19 heavy (non-hydrogen) atoms. The quantitative estimate of drug-likeness (QED) is 0.581. The molecule has 0 fully saturated rings. The van der Waals surface area contributed by atoms with Crippen LogP contribution in [0.25, 0.3) is 0 Å². The van der Waals surface area contributed by atoms with Gasteiger partial charge in [-0.25, -0.2) is 4.79 Å². The molecule has 3 amide bonds. The van der Waals surface area contributed by atoms with Crippen LogP contribution in [-0.2, 0) is 4.79 Å². The molecule has 0 aliphatic heterocycles. The number of thioether (sulfide) groups is 1. The molecule has 0 bridgehead atoms. The lowest BCUT2D eigenvalue weighted by Gasteiger charge is -2.09. The monoisotopic (exact) mass is 281 g/mol. The van der Waals surface area contributed by atoms with Crippen molar-refractivity contribution >= 4 is 29.4 Å². The number of benzene rings is 1. The molecule has 1 aromatic carbocycles. The summed E-state index contributed by atoms with van der Waals surface area (Å²) in [6.07, 6.45) is 0. The minimum atomic E-state index is -0.474. The number of nitrogen functional groups attached to an aromatic ring is 1. The summed E-state index contributed by atoms with van der Waals surface area (Å²) >= 11 is 1.31. The third kappa shape index (κ3) is 5.65. The minimum Gasteiger partial charge on any atom is -0.398 e. The van der Waals surface area contributed by atoms with Crippen LogP contribution < -0.4 is 16.4 Å². The number of anilines is 1. The Kier molecular flexibility index (Phi) is 5.69. The average Bonchev–Trinajstić information content (AvgIpc) is 2.29. The molecule has 1 rings (SSSR count). The molecule has 0 unspecified atom stereocenters. The van der Waals surface area contributed by atoms with Crippen molar-refractivity contribution in [2.24, 2.45) is 0 Å². The van der Waals surface area contributed by atoms with E-state index in [-0.39, 0.29) is 17.7 Å². The summed E-state index contributed by atoms with van der Waals surface area (Å²) < 4.78 is 0. The van der Waals surface area contributed by atoms with Crippen LogP contribution in [0.2, 0.25) is 0 Å². The van der Waals surface area contributed by atoms with Gasteiger partial charge < -0.3 is 11.1 Å². The Morgan fingerprint density at radius 1 is 1.37 bits per heavy atom. The highest BCUT2D eigenvalue weighted by Gasteiger charge is 2.10. The molecule has 0 saturated carbocycles. The smallest absolute Gasteiger partial charge is 0.321 e. The Morgan fingerprint density at radius 2 is 2.05 bits per heavy atom. The van der Waals surface area contributed by atoms with Crippen molar-refractivity contribution in [3.05, 3.63) is 23.8 Å². The summed E-state index contributed by atoms with van der Waals surface area (Å²) in [5, 5.41) is 4.85. The van der Waals surface area contributed by atoms with Gasteiger partial charge in [0.25, 0.3) is 0 Å². The largest absolute Gasteiger partial charge is 0.398 e. The standard InChI is InChI=1S/C13H19N3O2S/c1-8(2)15-13(18)16-12(17)7-19-11-6-9(3)4-5-10(11)14/h4-6,8H,7,14H2,1-3H3,(H2,15,16,17,18). The van der Waals surface area contributed by atoms with E-state index in [1.165, 1.54) is 11.8 Å². The van der Waals surface area contributed by atoms with Crippen molar-refractivity contribution in [1.82, 2.24) is 10.6 Å². The van der Waals surface area contributed by atoms with Gasteiger partial charge in [-0.2, -0.15) is 0 Å². The van der Waals surface area contributed by atoms with Gasteiger partial charge in [0.2, 0.25) is 5.91 Å². The summed E-state index contributed by atoms with van der Waals surface area (Å²) in [7, 11) is 0. The second kappa shape index (κ2) is 7.04. The van der Waals surface area contributed by atoms with E-state index in [2.05, 4.69) is 10.6 Å². The number of hydrogen-bond donors (Lipinski definition) is 3. The van der Waals surface area contributed by atoms with Gasteiger partial charge in [0.05, 0.1) is 5.75 Å². The van der Waals surface area contributed by atoms with E-state index < -0.39 is 6.03 Å². The lowest BCUT2D eigenvalue weighted by molar-refractivity contribution is -0.117. The Hall–Kier alpha value is -1.69. The van der Waals surface area contributed by atoms with Gasteiger partial charge in [0.15, 0.2) is 0 Å². The van der Waals surface area contributed by atoms with Crippen LogP contribution in [0.1, 0.15) is 19.4 Å². The van der Waals surface area contributed by atoms with Crippen LogP contribution in [0.4, 0.5) is 10.5 Å². The number of urea groups is 1. The number of imide groups is 1. The van der Waals surface area contributed by atoms with Gasteiger partial charge in [0.1, 0.15) is 0 Å². The molecule has 0 aliphatic carbocycles. The van der Waals surface area contributed by atoms with Crippen molar-refractivity contribution in [3.63, 3.8) is 0 Å². The SMILES string of the molecule is Cc1ccc(N)c(SCC(=O)NC(=O)NC(C)C)c1. The van der Waals surface area contributed by atoms with E-state index >= 15 is 0 Å². The molecular weight excluding hydrogens is 262 g/mol. The van der Waals surface area contributed by atoms with Crippen molar-refractivity contribution in [2.45, 2.75) is 31.7 Å². The molecule has 4 N–H and O–H groups in total. The third-order valence-electron chi connectivity index (χ3n) is 2.20. The summed E-state index contributed by atoms with van der Waals surface area (Å²) in [4.78, 5) is 23.7. The van der Waals surface area contributed by atoms with Crippen molar-refractivity contribution < 1.29 is 9.59 Å². The normalized spacial score (nSPS) is 10.3. The maximum atomic E-state index is 11.6. The summed E-state index contributed by atoms with van der Waals surface area (Å²) in [6, 6.07) is 5.16. The molecule has 1 aromatic rings. The fourth-order valence-electron chi connectivity index (χ4n) is 1.37. The van der Waals surface area contributed by atoms with Crippen LogP contribution in [-0.4, -0.2) is 23.7 Å². The summed E-state index contributed by atoms with van der Waals surface area (Å²) in [6.45, 7) is 5.61. The first-order valence-corrected chi connectivity index (χ1v) is 6.96. The highest BCUT2D eigenvalue weighted by atomic mass is 32.2. The molecule has 104 valence electrons. The van der Waals surface area contributed by atoms with Crippen molar-refractivity contribution in [2.75, 3.05) is 11.5 Å². The van der Waals surface area contributed by atoms with Crippen LogP contribution in [0, 0.1) is 6.92 Å². The molecule has 0 spiro atoms. The number of nitrogens with two attached hydrogens (primary N) is 1. The molecule has 0 aliphatic rings. The molecule has 6 heteroatoms. The fraction of sp³-hybridized carbons (Fsp3) is 0.385. The van der Waals surface area contributed by atoms with Gasteiger partial charge in [-0.1, -0.05) is 6.07 Å². The lowest BCUT2D eigenvalue weighted by Crippen LogP contribution is -2.43. The van der Waals surface area contributed by atoms with E-state index in [0.29, 0.717) is 5.69 Å². The maximum Gasteiger partial charge on any atom is 0.321 e. The van der Waals surface area contributed by atoms with Crippen molar-refractivity contribution in [1.29, 1.82) is 0 Å². The maximum absolute atomic E-state index is 11.6. The zero-order chi connectivity index (χ0) is 14.4. The number of aryl methyl sites for hydroxylation is 1. The molecule has 0 saturated heterocycles. The number of hydrogen-bond acceptors (Lipinski definition) is 4. The minimum absolute atomic E-state index is 0.00660. The Balaban J connectivity index is 2.46. The van der Waals surface area contributed by atoms with Gasteiger partial charge in [-0.05, 0) is 38.5 Å². The van der Waals surface area contributed by atoms with Gasteiger partial charge >= 0.3 is 6.03 Å². The van der Waals surface area contributed by atoms with Crippen LogP contribution in [0.3, 0.4) is 0 Å². The van der Waals surface area contributed by atoms with Crippen LogP contribution in [0.5, 0.6) is 0 Å². The number of carbonyl (C=O) groups excluding carboxylic acids is 2. The van der Waals surface area contributed by atoms with Crippen molar-refractivity contribution in [3.8, 4) is 0 Å². The van der Waals surface area contributed by atoms with Crippen LogP contribution in [0.15, 0.2) is 23.1 Å². The van der Waals surface area contributed by atoms with E-state index in [1.807, 2.05) is 32.9 Å². The summed E-state index contributed by atoms with van der Waals surface area (Å²) in [5.74, 6) is -0.192. The van der Waals surface area contributed by atoms with Gasteiger partial charge in [-0.3, -0.25) is 10.1 Å². The topological polar surface area (TPSA) is 84.2 Å². The molecule has 0 radical (unpaired) electrons. The highest BCUT2D eigenvalue weighted by Crippen LogP contribution is 2.25. The molecule has 0 aromatic heterocycles. The number of carbonyl (C=O) groups is 2. The van der Waals surface area contributed by atoms with Crippen LogP contribution >= 0.6 is 11.8 Å². The predicted octanol–water partition coefficient (Wildman–Crippen LogP) is 1.90. The molecule has 0 atom stereocenters. The predicted molar refractivity (Wildman–Crippen MR) is 78.1 cm³/mol. The van der Waals surface area contributed by atoms with E-state index in [1.54, 1.807) is 6.07 Å². The Labute approximate surface area is 117 Å². The van der Waals surface area contributed by atoms with Gasteiger partial charge in [-0.15, -0.1) is 11.8 Å². The second-order valence-electron chi connectivity index (χ2n) is 4.51. The lowest BCUT2D eigenvalue weighted by atomic mass is 10.2. The molecular formula is C13H19N3O2S. The van der Waals surface area contributed by atoms with Gasteiger partial charge in [0, 0.05) is 16.6 Å². The first-order chi connectivity index (χ1) is 8.88. The molecule has 0 heterocycles. The van der Waals surface area contributed by atoms with E-state index in [0.717, 1.165) is 10.5 Å². The Bertz CT molecular complexity index is 475. The zero-order valence-electron chi connectivity index (χ0n) is 11.3. The first-order valence-electron chi connectivity index (χ1n) is 5.97. The number of nitrogens with one attached hydrogen (secondary N) is 2. The molecule has 5 nitrogen and oxygen atoms in total. The third-order valence-corrected chi connectivity index (χ3v) is 3.27. The van der Waals surface area contributed by atoms with E-state index in [9.17, 15) is 9.59 Å². The number of rotatable bonds is 4.